The molecule has 0 bridgehead atoms. The summed E-state index contributed by atoms with van der Waals surface area (Å²) in [6.45, 7) is 5.73. The highest BCUT2D eigenvalue weighted by Crippen LogP contribution is 2.26. The Morgan fingerprint density at radius 3 is 2.21 bits per heavy atom. The highest BCUT2D eigenvalue weighted by molar-refractivity contribution is 7.92. The van der Waals surface area contributed by atoms with E-state index in [1.807, 2.05) is 32.9 Å². The lowest BCUT2D eigenvalue weighted by Crippen LogP contribution is -2.36. The van der Waals surface area contributed by atoms with Crippen LogP contribution in [0.4, 0.5) is 0 Å². The summed E-state index contributed by atoms with van der Waals surface area (Å²) in [6, 6.07) is 3.88. The number of Topliss-reactive ketones (excluding diaryl/α,β-unsaturated/α-hetero) is 1. The molecule has 19 heavy (non-hydrogen) atoms. The van der Waals surface area contributed by atoms with Crippen LogP contribution in [0.5, 0.6) is 0 Å². The van der Waals surface area contributed by atoms with Gasteiger partial charge in [0.1, 0.15) is 5.25 Å². The zero-order chi connectivity index (χ0) is 14.2. The molecule has 3 nitrogen and oxygen atoms in total. The predicted octanol–water partition coefficient (Wildman–Crippen LogP) is 2.76. The number of rotatable bonds is 2. The lowest BCUT2D eigenvalue weighted by Gasteiger charge is -2.22. The van der Waals surface area contributed by atoms with Gasteiger partial charge in [-0.05, 0) is 44.7 Å². The Morgan fingerprint density at radius 1 is 1.11 bits per heavy atom. The number of aryl methyl sites for hydroxylation is 3. The topological polar surface area (TPSA) is 51.2 Å². The van der Waals surface area contributed by atoms with Gasteiger partial charge in [0.15, 0.2) is 15.6 Å². The van der Waals surface area contributed by atoms with Gasteiger partial charge in [0.25, 0.3) is 0 Å². The van der Waals surface area contributed by atoms with Gasteiger partial charge in [-0.1, -0.05) is 24.1 Å². The summed E-state index contributed by atoms with van der Waals surface area (Å²) in [7, 11) is -3.26. The van der Waals surface area contributed by atoms with E-state index in [0.29, 0.717) is 18.4 Å². The molecule has 1 fully saturated rings. The first kappa shape index (κ1) is 14.3. The van der Waals surface area contributed by atoms with Crippen LogP contribution < -0.4 is 0 Å². The van der Waals surface area contributed by atoms with Gasteiger partial charge >= 0.3 is 0 Å². The molecule has 0 amide bonds. The average molecular weight is 280 g/mol. The Labute approximate surface area is 114 Å². The molecule has 104 valence electrons. The quantitative estimate of drug-likeness (QED) is 0.783. The molecule has 1 unspecified atom stereocenters. The molecule has 2 rings (SSSR count). The Morgan fingerprint density at radius 2 is 1.68 bits per heavy atom. The summed E-state index contributed by atoms with van der Waals surface area (Å²) >= 11 is 0. The van der Waals surface area contributed by atoms with Crippen LogP contribution in [0.15, 0.2) is 12.1 Å². The Hall–Kier alpha value is -1.16. The molecule has 1 atom stereocenters. The van der Waals surface area contributed by atoms with E-state index in [1.54, 1.807) is 0 Å². The van der Waals surface area contributed by atoms with E-state index in [0.717, 1.165) is 23.1 Å². The van der Waals surface area contributed by atoms with Crippen LogP contribution in [0.3, 0.4) is 0 Å². The minimum atomic E-state index is -3.26. The fourth-order valence-electron chi connectivity index (χ4n) is 2.98. The molecular weight excluding hydrogens is 260 g/mol. The summed E-state index contributed by atoms with van der Waals surface area (Å²) in [6.07, 6.45) is 1.96. The first-order valence-corrected chi connectivity index (χ1v) is 8.38. The Bertz CT molecular complexity index is 591. The number of hydrogen-bond acceptors (Lipinski definition) is 3. The lowest BCUT2D eigenvalue weighted by molar-refractivity contribution is 0.0980. The molecule has 0 spiro atoms. The van der Waals surface area contributed by atoms with Crippen LogP contribution in [0.2, 0.25) is 0 Å². The Kier molecular flexibility index (Phi) is 3.81. The third kappa shape index (κ3) is 2.73. The van der Waals surface area contributed by atoms with Crippen LogP contribution in [-0.4, -0.2) is 25.2 Å². The van der Waals surface area contributed by atoms with Gasteiger partial charge in [0, 0.05) is 5.56 Å². The smallest absolute Gasteiger partial charge is 0.181 e. The molecule has 0 saturated carbocycles. The van der Waals surface area contributed by atoms with E-state index in [4.69, 9.17) is 0 Å². The molecule has 4 heteroatoms. The normalized spacial score (nSPS) is 22.2. The second kappa shape index (κ2) is 5.08. The number of hydrogen-bond donors (Lipinski definition) is 0. The van der Waals surface area contributed by atoms with E-state index >= 15 is 0 Å². The van der Waals surface area contributed by atoms with Crippen molar-refractivity contribution in [2.45, 2.75) is 45.3 Å². The SMILES string of the molecule is Cc1cc(C)c(C(=O)C2CCCCS2(=O)=O)c(C)c1. The maximum atomic E-state index is 12.6. The van der Waals surface area contributed by atoms with Crippen LogP contribution in [-0.2, 0) is 9.84 Å². The fourth-order valence-corrected chi connectivity index (χ4v) is 4.84. The van der Waals surface area contributed by atoms with E-state index in [9.17, 15) is 13.2 Å². The molecule has 1 aliphatic rings. The summed E-state index contributed by atoms with van der Waals surface area (Å²) in [5.41, 5.74) is 3.45. The predicted molar refractivity (Wildman–Crippen MR) is 76.4 cm³/mol. The molecular formula is C15H20O3S. The van der Waals surface area contributed by atoms with E-state index < -0.39 is 15.1 Å². The largest absolute Gasteiger partial charge is 0.293 e. The van der Waals surface area contributed by atoms with Crippen molar-refractivity contribution in [3.05, 3.63) is 34.4 Å². The molecule has 0 aliphatic carbocycles. The van der Waals surface area contributed by atoms with Crippen LogP contribution >= 0.6 is 0 Å². The van der Waals surface area contributed by atoms with Crippen molar-refractivity contribution in [3.8, 4) is 0 Å². The third-order valence-electron chi connectivity index (χ3n) is 3.79. The highest BCUT2D eigenvalue weighted by Gasteiger charge is 2.36. The molecule has 1 aliphatic heterocycles. The van der Waals surface area contributed by atoms with Gasteiger partial charge in [-0.3, -0.25) is 4.79 Å². The van der Waals surface area contributed by atoms with Crippen molar-refractivity contribution in [3.63, 3.8) is 0 Å². The molecule has 1 aromatic carbocycles. The summed E-state index contributed by atoms with van der Waals surface area (Å²) in [5.74, 6) is -0.0670. The summed E-state index contributed by atoms with van der Waals surface area (Å²) in [5, 5.41) is -0.832. The number of sulfone groups is 1. The minimum Gasteiger partial charge on any atom is -0.293 e. The van der Waals surface area contributed by atoms with Gasteiger partial charge in [-0.2, -0.15) is 0 Å². The second-order valence-electron chi connectivity index (χ2n) is 5.49. The van der Waals surface area contributed by atoms with Crippen molar-refractivity contribution in [1.82, 2.24) is 0 Å². The Balaban J connectivity index is 2.45. The zero-order valence-corrected chi connectivity index (χ0v) is 12.5. The molecule has 1 saturated heterocycles. The van der Waals surface area contributed by atoms with Crippen molar-refractivity contribution >= 4 is 15.6 Å². The first-order chi connectivity index (χ1) is 8.83. The van der Waals surface area contributed by atoms with Crippen LogP contribution in [0.25, 0.3) is 0 Å². The maximum Gasteiger partial charge on any atom is 0.181 e. The summed E-state index contributed by atoms with van der Waals surface area (Å²) in [4.78, 5) is 12.6. The maximum absolute atomic E-state index is 12.6. The highest BCUT2D eigenvalue weighted by atomic mass is 32.2. The third-order valence-corrected chi connectivity index (χ3v) is 5.97. The first-order valence-electron chi connectivity index (χ1n) is 6.66. The van der Waals surface area contributed by atoms with Gasteiger partial charge in [-0.15, -0.1) is 0 Å². The van der Waals surface area contributed by atoms with Crippen molar-refractivity contribution in [2.24, 2.45) is 0 Å². The number of benzene rings is 1. The lowest BCUT2D eigenvalue weighted by atomic mass is 9.94. The van der Waals surface area contributed by atoms with Crippen molar-refractivity contribution in [1.29, 1.82) is 0 Å². The van der Waals surface area contributed by atoms with Gasteiger partial charge < -0.3 is 0 Å². The van der Waals surface area contributed by atoms with Crippen molar-refractivity contribution < 1.29 is 13.2 Å². The van der Waals surface area contributed by atoms with Crippen LogP contribution in [0, 0.1) is 20.8 Å². The van der Waals surface area contributed by atoms with E-state index in [-0.39, 0.29) is 11.5 Å². The monoisotopic (exact) mass is 280 g/mol. The number of carbonyl (C=O) groups is 1. The standard InChI is InChI=1S/C15H20O3S/c1-10-8-11(2)14(12(3)9-10)15(16)13-6-4-5-7-19(13,17)18/h8-9,13H,4-7H2,1-3H3. The van der Waals surface area contributed by atoms with E-state index in [2.05, 4.69) is 0 Å². The molecule has 1 aromatic rings. The second-order valence-corrected chi connectivity index (χ2v) is 7.79. The zero-order valence-electron chi connectivity index (χ0n) is 11.7. The minimum absolute atomic E-state index is 0.146. The van der Waals surface area contributed by atoms with E-state index in [1.165, 1.54) is 0 Å². The molecule has 0 aromatic heterocycles. The van der Waals surface area contributed by atoms with Gasteiger partial charge in [0.05, 0.1) is 5.75 Å². The fraction of sp³-hybridized carbons (Fsp3) is 0.533. The summed E-state index contributed by atoms with van der Waals surface area (Å²) < 4.78 is 24.1. The average Bonchev–Trinajstić information content (AvgIpc) is 2.26. The van der Waals surface area contributed by atoms with Crippen molar-refractivity contribution in [2.75, 3.05) is 5.75 Å². The van der Waals surface area contributed by atoms with Crippen LogP contribution in [0.1, 0.15) is 46.3 Å². The molecule has 0 N–H and O–H groups in total. The number of ketones is 1. The molecule has 1 heterocycles. The van der Waals surface area contributed by atoms with Gasteiger partial charge in [-0.25, -0.2) is 8.42 Å². The van der Waals surface area contributed by atoms with Gasteiger partial charge in [0.2, 0.25) is 0 Å². The number of carbonyl (C=O) groups excluding carboxylic acids is 1. The molecule has 0 radical (unpaired) electrons.